The van der Waals surface area contributed by atoms with E-state index in [1.807, 2.05) is 6.07 Å². The molecule has 1 atom stereocenters. The Balaban J connectivity index is 1.55. The van der Waals surface area contributed by atoms with Gasteiger partial charge in [0.2, 0.25) is 0 Å². The van der Waals surface area contributed by atoms with Crippen LogP contribution in [0.3, 0.4) is 0 Å². The summed E-state index contributed by atoms with van der Waals surface area (Å²) in [6.45, 7) is 1.39. The van der Waals surface area contributed by atoms with Crippen LogP contribution >= 0.6 is 0 Å². The highest BCUT2D eigenvalue weighted by atomic mass is 16.5. The van der Waals surface area contributed by atoms with Crippen LogP contribution in [0, 0.1) is 0 Å². The van der Waals surface area contributed by atoms with Crippen molar-refractivity contribution in [1.29, 1.82) is 0 Å². The van der Waals surface area contributed by atoms with Gasteiger partial charge in [0, 0.05) is 31.6 Å². The highest BCUT2D eigenvalue weighted by Crippen LogP contribution is 2.24. The Kier molecular flexibility index (Phi) is 3.64. The number of nitrogens with zero attached hydrogens (tertiary/aromatic N) is 1. The summed E-state index contributed by atoms with van der Waals surface area (Å²) in [4.78, 5) is 16.1. The van der Waals surface area contributed by atoms with Crippen molar-refractivity contribution in [3.05, 3.63) is 24.0 Å². The summed E-state index contributed by atoms with van der Waals surface area (Å²) in [5.74, 6) is -0.0811. The molecule has 1 saturated heterocycles. The van der Waals surface area contributed by atoms with Gasteiger partial charge >= 0.3 is 0 Å². The van der Waals surface area contributed by atoms with Crippen LogP contribution < -0.4 is 10.6 Å². The first-order valence-electron chi connectivity index (χ1n) is 6.92. The van der Waals surface area contributed by atoms with Crippen LogP contribution in [0.1, 0.15) is 36.0 Å². The van der Waals surface area contributed by atoms with Gasteiger partial charge in [-0.25, -0.2) is 0 Å². The molecular formula is C14H19N3O2. The van der Waals surface area contributed by atoms with Gasteiger partial charge in [-0.05, 0) is 31.7 Å². The summed E-state index contributed by atoms with van der Waals surface area (Å²) in [6.07, 6.45) is 8.05. The van der Waals surface area contributed by atoms with Gasteiger partial charge in [-0.15, -0.1) is 0 Å². The third kappa shape index (κ3) is 3.44. The molecule has 0 radical (unpaired) electrons. The minimum absolute atomic E-state index is 0.0811. The first-order chi connectivity index (χ1) is 9.31. The number of hydrogen-bond donors (Lipinski definition) is 2. The second-order valence-electron chi connectivity index (χ2n) is 5.23. The maximum atomic E-state index is 12.0. The van der Waals surface area contributed by atoms with Crippen molar-refractivity contribution in [2.75, 3.05) is 18.5 Å². The standard InChI is InChI=1S/C14H19N3O2/c18-14(16-9-13-2-1-5-19-13)10-6-12(8-15-7-10)17-11-3-4-11/h6-8,11,13,17H,1-5,9H2,(H,16,18). The van der Waals surface area contributed by atoms with Gasteiger partial charge in [-0.1, -0.05) is 0 Å². The van der Waals surface area contributed by atoms with Crippen LogP contribution in [0.5, 0.6) is 0 Å². The van der Waals surface area contributed by atoms with E-state index in [-0.39, 0.29) is 12.0 Å². The van der Waals surface area contributed by atoms with Crippen molar-refractivity contribution in [2.24, 2.45) is 0 Å². The van der Waals surface area contributed by atoms with E-state index in [9.17, 15) is 4.79 Å². The maximum Gasteiger partial charge on any atom is 0.253 e. The fourth-order valence-electron chi connectivity index (χ4n) is 2.22. The van der Waals surface area contributed by atoms with Crippen LogP contribution in [0.15, 0.2) is 18.5 Å². The largest absolute Gasteiger partial charge is 0.381 e. The number of hydrogen-bond acceptors (Lipinski definition) is 4. The lowest BCUT2D eigenvalue weighted by Crippen LogP contribution is -2.31. The zero-order valence-electron chi connectivity index (χ0n) is 10.9. The molecule has 2 fully saturated rings. The molecule has 2 aliphatic rings. The highest BCUT2D eigenvalue weighted by molar-refractivity contribution is 5.94. The number of rotatable bonds is 5. The van der Waals surface area contributed by atoms with Gasteiger partial charge in [0.1, 0.15) is 0 Å². The summed E-state index contributed by atoms with van der Waals surface area (Å²) < 4.78 is 5.48. The monoisotopic (exact) mass is 261 g/mol. The SMILES string of the molecule is O=C(NCC1CCCO1)c1cncc(NC2CC2)c1. The number of ether oxygens (including phenoxy) is 1. The zero-order valence-corrected chi connectivity index (χ0v) is 10.9. The van der Waals surface area contributed by atoms with E-state index < -0.39 is 0 Å². The average Bonchev–Trinajstić information content (AvgIpc) is 3.08. The average molecular weight is 261 g/mol. The van der Waals surface area contributed by atoms with Crippen LogP contribution in [0.25, 0.3) is 0 Å². The molecule has 19 heavy (non-hydrogen) atoms. The van der Waals surface area contributed by atoms with E-state index in [4.69, 9.17) is 4.74 Å². The van der Waals surface area contributed by atoms with Crippen LogP contribution in [-0.4, -0.2) is 36.2 Å². The van der Waals surface area contributed by atoms with E-state index in [1.54, 1.807) is 12.4 Å². The lowest BCUT2D eigenvalue weighted by Gasteiger charge is -2.11. The Hall–Kier alpha value is -1.62. The van der Waals surface area contributed by atoms with E-state index in [2.05, 4.69) is 15.6 Å². The molecule has 1 unspecified atom stereocenters. The summed E-state index contributed by atoms with van der Waals surface area (Å²) in [5, 5.41) is 6.25. The molecule has 5 heteroatoms. The Morgan fingerprint density at radius 3 is 3.00 bits per heavy atom. The summed E-state index contributed by atoms with van der Waals surface area (Å²) in [6, 6.07) is 2.42. The molecule has 0 bridgehead atoms. The van der Waals surface area contributed by atoms with Crippen molar-refractivity contribution in [3.63, 3.8) is 0 Å². The molecular weight excluding hydrogens is 242 g/mol. The van der Waals surface area contributed by atoms with Crippen LogP contribution in [0.2, 0.25) is 0 Å². The van der Waals surface area contributed by atoms with Gasteiger partial charge in [-0.2, -0.15) is 0 Å². The number of pyridine rings is 1. The number of carbonyl (C=O) groups excluding carboxylic acids is 1. The van der Waals surface area contributed by atoms with Gasteiger partial charge < -0.3 is 15.4 Å². The molecule has 1 amide bonds. The molecule has 0 aromatic carbocycles. The first-order valence-corrected chi connectivity index (χ1v) is 6.92. The second kappa shape index (κ2) is 5.57. The molecule has 1 aromatic rings. The third-order valence-electron chi connectivity index (χ3n) is 3.46. The van der Waals surface area contributed by atoms with Gasteiger partial charge in [0.15, 0.2) is 0 Å². The summed E-state index contributed by atoms with van der Waals surface area (Å²) in [5.41, 5.74) is 1.52. The second-order valence-corrected chi connectivity index (χ2v) is 5.23. The molecule has 1 aliphatic carbocycles. The number of anilines is 1. The molecule has 102 valence electrons. The highest BCUT2D eigenvalue weighted by Gasteiger charge is 2.21. The molecule has 2 heterocycles. The molecule has 1 saturated carbocycles. The number of amides is 1. The molecule has 2 N–H and O–H groups in total. The normalized spacial score (nSPS) is 22.2. The van der Waals surface area contributed by atoms with Crippen LogP contribution in [0.4, 0.5) is 5.69 Å². The first kappa shape index (κ1) is 12.4. The third-order valence-corrected chi connectivity index (χ3v) is 3.46. The minimum atomic E-state index is -0.0811. The van der Waals surface area contributed by atoms with Crippen molar-refractivity contribution >= 4 is 11.6 Å². The minimum Gasteiger partial charge on any atom is -0.381 e. The predicted octanol–water partition coefficient (Wildman–Crippen LogP) is 1.56. The zero-order chi connectivity index (χ0) is 13.1. The Morgan fingerprint density at radius 2 is 2.26 bits per heavy atom. The van der Waals surface area contributed by atoms with Crippen molar-refractivity contribution in [1.82, 2.24) is 10.3 Å². The molecule has 5 nitrogen and oxygen atoms in total. The Bertz CT molecular complexity index is 454. The quantitative estimate of drug-likeness (QED) is 0.844. The van der Waals surface area contributed by atoms with E-state index in [1.165, 1.54) is 12.8 Å². The molecule has 1 aromatic heterocycles. The van der Waals surface area contributed by atoms with Gasteiger partial charge in [0.05, 0.1) is 17.4 Å². The van der Waals surface area contributed by atoms with Crippen LogP contribution in [-0.2, 0) is 4.74 Å². The molecule has 3 rings (SSSR count). The lowest BCUT2D eigenvalue weighted by molar-refractivity contribution is 0.0857. The fraction of sp³-hybridized carbons (Fsp3) is 0.571. The topological polar surface area (TPSA) is 63.2 Å². The van der Waals surface area contributed by atoms with E-state index in [0.29, 0.717) is 18.2 Å². The number of carbonyl (C=O) groups is 1. The molecule has 0 spiro atoms. The van der Waals surface area contributed by atoms with E-state index >= 15 is 0 Å². The summed E-state index contributed by atoms with van der Waals surface area (Å²) in [7, 11) is 0. The predicted molar refractivity (Wildman–Crippen MR) is 72.2 cm³/mol. The lowest BCUT2D eigenvalue weighted by atomic mass is 10.2. The van der Waals surface area contributed by atoms with Gasteiger partial charge in [-0.3, -0.25) is 9.78 Å². The Labute approximate surface area is 112 Å². The maximum absolute atomic E-state index is 12.0. The fourth-order valence-corrected chi connectivity index (χ4v) is 2.22. The smallest absolute Gasteiger partial charge is 0.253 e. The van der Waals surface area contributed by atoms with E-state index in [0.717, 1.165) is 25.1 Å². The van der Waals surface area contributed by atoms with Crippen molar-refractivity contribution < 1.29 is 9.53 Å². The van der Waals surface area contributed by atoms with Crippen molar-refractivity contribution in [2.45, 2.75) is 37.8 Å². The Morgan fingerprint density at radius 1 is 1.37 bits per heavy atom. The summed E-state index contributed by atoms with van der Waals surface area (Å²) >= 11 is 0. The number of nitrogens with one attached hydrogen (secondary N) is 2. The van der Waals surface area contributed by atoms with Crippen molar-refractivity contribution in [3.8, 4) is 0 Å². The number of aromatic nitrogens is 1. The molecule has 1 aliphatic heterocycles. The van der Waals surface area contributed by atoms with Gasteiger partial charge in [0.25, 0.3) is 5.91 Å².